The van der Waals surface area contributed by atoms with Gasteiger partial charge in [0, 0.05) is 11.1 Å². The molecular formula is C23H28ClNS. The monoisotopic (exact) mass is 385 g/mol. The van der Waals surface area contributed by atoms with Gasteiger partial charge in [-0.25, -0.2) is 0 Å². The zero-order valence-corrected chi connectivity index (χ0v) is 16.9. The van der Waals surface area contributed by atoms with Crippen molar-refractivity contribution in [2.45, 2.75) is 43.4 Å². The summed E-state index contributed by atoms with van der Waals surface area (Å²) < 4.78 is 0. The summed E-state index contributed by atoms with van der Waals surface area (Å²) in [5.74, 6) is 2.09. The molecule has 2 heterocycles. The second kappa shape index (κ2) is 8.82. The number of piperidine rings is 2. The summed E-state index contributed by atoms with van der Waals surface area (Å²) in [5.41, 5.74) is 2.76. The lowest BCUT2D eigenvalue weighted by atomic mass is 9.85. The maximum Gasteiger partial charge on any atom is 0.0546 e. The predicted octanol–water partition coefficient (Wildman–Crippen LogP) is 6.43. The Labute approximate surface area is 167 Å². The van der Waals surface area contributed by atoms with E-state index in [9.17, 15) is 0 Å². The summed E-state index contributed by atoms with van der Waals surface area (Å²) in [6.45, 7) is 2.65. The van der Waals surface area contributed by atoms with E-state index in [-0.39, 0.29) is 0 Å². The Morgan fingerprint density at radius 1 is 0.885 bits per heavy atom. The maximum atomic E-state index is 6.13. The molecule has 0 N–H and O–H groups in total. The van der Waals surface area contributed by atoms with Crippen LogP contribution in [-0.4, -0.2) is 29.8 Å². The molecule has 0 aromatic heterocycles. The van der Waals surface area contributed by atoms with E-state index in [0.717, 1.165) is 17.0 Å². The lowest BCUT2D eigenvalue weighted by Crippen LogP contribution is -2.48. The van der Waals surface area contributed by atoms with Crippen molar-refractivity contribution in [3.8, 4) is 0 Å². The Hall–Kier alpha value is -0.960. The van der Waals surface area contributed by atoms with Gasteiger partial charge in [-0.2, -0.15) is 0 Å². The minimum Gasteiger partial charge on any atom is -0.300 e. The van der Waals surface area contributed by atoms with Crippen LogP contribution in [0.2, 0.25) is 5.02 Å². The largest absolute Gasteiger partial charge is 0.300 e. The van der Waals surface area contributed by atoms with E-state index >= 15 is 0 Å². The van der Waals surface area contributed by atoms with E-state index in [0.29, 0.717) is 5.25 Å². The SMILES string of the molecule is Clc1ccc(C(SC[C@@H]2CCCN3CCCC[C@H]23)c2ccccc2)cc1. The number of nitrogens with zero attached hydrogens (tertiary/aromatic N) is 1. The Balaban J connectivity index is 1.50. The molecule has 138 valence electrons. The highest BCUT2D eigenvalue weighted by molar-refractivity contribution is 7.99. The number of benzene rings is 2. The molecule has 2 saturated heterocycles. The Bertz CT molecular complexity index is 685. The topological polar surface area (TPSA) is 3.24 Å². The first-order valence-corrected chi connectivity index (χ1v) is 11.4. The number of fused-ring (bicyclic) bond motifs is 1. The fourth-order valence-corrected chi connectivity index (χ4v) is 6.30. The standard InChI is InChI=1S/C23H28ClNS/c24-21-13-11-19(12-14-21)23(18-7-2-1-3-8-18)26-17-20-9-6-16-25-15-5-4-10-22(20)25/h1-3,7-8,11-14,20,22-23H,4-6,9-10,15-17H2/t20-,22+,23?/m0/s1. The summed E-state index contributed by atoms with van der Waals surface area (Å²) >= 11 is 8.25. The van der Waals surface area contributed by atoms with Crippen LogP contribution >= 0.6 is 23.4 Å². The zero-order valence-electron chi connectivity index (χ0n) is 15.3. The molecule has 1 nitrogen and oxygen atoms in total. The highest BCUT2D eigenvalue weighted by Crippen LogP contribution is 2.40. The van der Waals surface area contributed by atoms with Gasteiger partial charge < -0.3 is 4.90 Å². The summed E-state index contributed by atoms with van der Waals surface area (Å²) in [6, 6.07) is 20.2. The van der Waals surface area contributed by atoms with E-state index in [1.165, 1.54) is 62.1 Å². The van der Waals surface area contributed by atoms with Crippen LogP contribution in [0.3, 0.4) is 0 Å². The number of hydrogen-bond acceptors (Lipinski definition) is 2. The number of thioether (sulfide) groups is 1. The summed E-state index contributed by atoms with van der Waals surface area (Å²) in [5, 5.41) is 1.21. The highest BCUT2D eigenvalue weighted by atomic mass is 35.5. The van der Waals surface area contributed by atoms with Crippen LogP contribution in [0.5, 0.6) is 0 Å². The fraction of sp³-hybridized carbons (Fsp3) is 0.478. The van der Waals surface area contributed by atoms with E-state index in [2.05, 4.69) is 59.1 Å². The first-order valence-electron chi connectivity index (χ1n) is 9.97. The van der Waals surface area contributed by atoms with Crippen LogP contribution in [0, 0.1) is 5.92 Å². The number of rotatable bonds is 5. The first kappa shape index (κ1) is 18.4. The second-order valence-electron chi connectivity index (χ2n) is 7.68. The van der Waals surface area contributed by atoms with Crippen molar-refractivity contribution in [1.82, 2.24) is 4.90 Å². The fourth-order valence-electron chi connectivity index (χ4n) is 4.64. The van der Waals surface area contributed by atoms with Gasteiger partial charge in [0.2, 0.25) is 0 Å². The molecule has 2 aliphatic rings. The average Bonchev–Trinajstić information content (AvgIpc) is 2.70. The van der Waals surface area contributed by atoms with Gasteiger partial charge in [0.25, 0.3) is 0 Å². The molecule has 0 amide bonds. The smallest absolute Gasteiger partial charge is 0.0546 e. The van der Waals surface area contributed by atoms with Gasteiger partial charge in [0.05, 0.1) is 5.25 Å². The second-order valence-corrected chi connectivity index (χ2v) is 9.25. The van der Waals surface area contributed by atoms with E-state index in [1.54, 1.807) is 0 Å². The zero-order chi connectivity index (χ0) is 17.8. The van der Waals surface area contributed by atoms with Crippen molar-refractivity contribution in [3.63, 3.8) is 0 Å². The van der Waals surface area contributed by atoms with Crippen molar-refractivity contribution < 1.29 is 0 Å². The quantitative estimate of drug-likeness (QED) is 0.583. The molecule has 2 aliphatic heterocycles. The maximum absolute atomic E-state index is 6.13. The van der Waals surface area contributed by atoms with Crippen LogP contribution in [0.25, 0.3) is 0 Å². The van der Waals surface area contributed by atoms with E-state index in [4.69, 9.17) is 11.6 Å². The van der Waals surface area contributed by atoms with Gasteiger partial charge in [-0.3, -0.25) is 0 Å². The molecule has 0 aliphatic carbocycles. The van der Waals surface area contributed by atoms with E-state index in [1.807, 2.05) is 12.1 Å². The molecule has 2 aromatic carbocycles. The van der Waals surface area contributed by atoms with Crippen molar-refractivity contribution in [2.24, 2.45) is 5.92 Å². The molecule has 1 unspecified atom stereocenters. The van der Waals surface area contributed by atoms with Crippen molar-refractivity contribution >= 4 is 23.4 Å². The van der Waals surface area contributed by atoms with Crippen LogP contribution < -0.4 is 0 Å². The van der Waals surface area contributed by atoms with Crippen LogP contribution in [0.1, 0.15) is 48.5 Å². The molecule has 4 rings (SSSR count). The van der Waals surface area contributed by atoms with Crippen LogP contribution in [0.15, 0.2) is 54.6 Å². The van der Waals surface area contributed by atoms with Crippen molar-refractivity contribution in [2.75, 3.05) is 18.8 Å². The predicted molar refractivity (Wildman–Crippen MR) is 114 cm³/mol. The Kier molecular flexibility index (Phi) is 6.24. The van der Waals surface area contributed by atoms with Crippen molar-refractivity contribution in [3.05, 3.63) is 70.7 Å². The Morgan fingerprint density at radius 3 is 2.42 bits per heavy atom. The third-order valence-electron chi connectivity index (χ3n) is 5.98. The molecule has 0 bridgehead atoms. The van der Waals surface area contributed by atoms with Gasteiger partial charge >= 0.3 is 0 Å². The molecule has 0 saturated carbocycles. The van der Waals surface area contributed by atoms with Gasteiger partial charge in [-0.15, -0.1) is 11.8 Å². The van der Waals surface area contributed by atoms with E-state index < -0.39 is 0 Å². The summed E-state index contributed by atoms with van der Waals surface area (Å²) in [7, 11) is 0. The molecule has 3 heteroatoms. The lowest BCUT2D eigenvalue weighted by molar-refractivity contribution is 0.0693. The van der Waals surface area contributed by atoms with Crippen LogP contribution in [-0.2, 0) is 0 Å². The molecule has 2 aromatic rings. The van der Waals surface area contributed by atoms with Gasteiger partial charge in [-0.05, 0) is 73.7 Å². The van der Waals surface area contributed by atoms with Gasteiger partial charge in [0.1, 0.15) is 0 Å². The van der Waals surface area contributed by atoms with Gasteiger partial charge in [0.15, 0.2) is 0 Å². The summed E-state index contributed by atoms with van der Waals surface area (Å²) in [6.07, 6.45) is 6.99. The average molecular weight is 386 g/mol. The minimum atomic E-state index is 0.396. The summed E-state index contributed by atoms with van der Waals surface area (Å²) in [4.78, 5) is 2.78. The third-order valence-corrected chi connectivity index (χ3v) is 7.73. The first-order chi connectivity index (χ1) is 12.8. The van der Waals surface area contributed by atoms with Crippen LogP contribution in [0.4, 0.5) is 0 Å². The van der Waals surface area contributed by atoms with Gasteiger partial charge in [-0.1, -0.05) is 60.5 Å². The minimum absolute atomic E-state index is 0.396. The Morgan fingerprint density at radius 2 is 1.62 bits per heavy atom. The number of hydrogen-bond donors (Lipinski definition) is 0. The third kappa shape index (κ3) is 4.30. The molecular weight excluding hydrogens is 358 g/mol. The van der Waals surface area contributed by atoms with Crippen molar-refractivity contribution in [1.29, 1.82) is 0 Å². The highest BCUT2D eigenvalue weighted by Gasteiger charge is 2.33. The molecule has 3 atom stereocenters. The lowest BCUT2D eigenvalue weighted by Gasteiger charge is -2.44. The number of halogens is 1. The molecule has 0 spiro atoms. The normalized spacial score (nSPS) is 24.8. The molecule has 0 radical (unpaired) electrons. The molecule has 2 fully saturated rings. The molecule has 26 heavy (non-hydrogen) atoms.